The Labute approximate surface area is 187 Å². The third kappa shape index (κ3) is 4.68. The zero-order valence-corrected chi connectivity index (χ0v) is 18.3. The number of aromatic nitrogens is 1. The van der Waals surface area contributed by atoms with Crippen molar-refractivity contribution in [1.29, 1.82) is 0 Å². The fourth-order valence-corrected chi connectivity index (χ4v) is 5.85. The van der Waals surface area contributed by atoms with Gasteiger partial charge in [0.1, 0.15) is 17.3 Å². The molecule has 0 spiro atoms. The van der Waals surface area contributed by atoms with Gasteiger partial charge in [-0.15, -0.1) is 13.2 Å². The molecule has 4 rings (SSSR count). The Morgan fingerprint density at radius 1 is 1.06 bits per heavy atom. The lowest BCUT2D eigenvalue weighted by atomic mass is 10.1. The van der Waals surface area contributed by atoms with Gasteiger partial charge in [0.2, 0.25) is 0 Å². The first-order valence-corrected chi connectivity index (χ1v) is 11.6. The van der Waals surface area contributed by atoms with Crippen LogP contribution in [0, 0.1) is 5.82 Å². The van der Waals surface area contributed by atoms with Gasteiger partial charge < -0.3 is 14.2 Å². The van der Waals surface area contributed by atoms with Gasteiger partial charge in [0.25, 0.3) is 5.91 Å². The van der Waals surface area contributed by atoms with Crippen LogP contribution in [0.3, 0.4) is 0 Å². The Morgan fingerprint density at radius 3 is 2.42 bits per heavy atom. The second-order valence-corrected chi connectivity index (χ2v) is 10.1. The van der Waals surface area contributed by atoms with E-state index in [0.29, 0.717) is 16.6 Å². The van der Waals surface area contributed by atoms with E-state index in [0.717, 1.165) is 12.1 Å². The molecule has 0 bridgehead atoms. The molecule has 33 heavy (non-hydrogen) atoms. The molecule has 1 aliphatic heterocycles. The first-order chi connectivity index (χ1) is 15.5. The van der Waals surface area contributed by atoms with Gasteiger partial charge in [-0.05, 0) is 55.3 Å². The predicted molar refractivity (Wildman–Crippen MR) is 112 cm³/mol. The number of carbonyl (C=O) groups is 1. The van der Waals surface area contributed by atoms with Crippen molar-refractivity contribution in [2.45, 2.75) is 29.3 Å². The summed E-state index contributed by atoms with van der Waals surface area (Å²) in [7, 11) is -2.26. The summed E-state index contributed by atoms with van der Waals surface area (Å²) in [5.41, 5.74) is 0.922. The largest absolute Gasteiger partial charge is 0.573 e. The highest BCUT2D eigenvalue weighted by molar-refractivity contribution is 7.92. The van der Waals surface area contributed by atoms with Crippen molar-refractivity contribution in [2.75, 3.05) is 13.1 Å². The van der Waals surface area contributed by atoms with Gasteiger partial charge >= 0.3 is 6.36 Å². The number of rotatable bonds is 4. The zero-order valence-electron chi connectivity index (χ0n) is 17.5. The number of likely N-dealkylation sites (tertiary alicyclic amines) is 1. The van der Waals surface area contributed by atoms with E-state index in [1.807, 2.05) is 0 Å². The normalized spacial score (nSPS) is 15.7. The molecule has 2 aromatic carbocycles. The number of hydrogen-bond acceptors (Lipinski definition) is 4. The van der Waals surface area contributed by atoms with E-state index < -0.39 is 33.0 Å². The maximum atomic E-state index is 13.6. The molecule has 176 valence electrons. The van der Waals surface area contributed by atoms with Crippen LogP contribution < -0.4 is 4.74 Å². The summed E-state index contributed by atoms with van der Waals surface area (Å²) in [6, 6.07) is 10.2. The summed E-state index contributed by atoms with van der Waals surface area (Å²) in [6.07, 6.45) is -4.66. The predicted octanol–water partition coefficient (Wildman–Crippen LogP) is 4.29. The average molecular weight is 484 g/mol. The van der Waals surface area contributed by atoms with Crippen molar-refractivity contribution in [3.05, 3.63) is 60.0 Å². The highest BCUT2D eigenvalue weighted by Crippen LogP contribution is 2.30. The summed E-state index contributed by atoms with van der Waals surface area (Å²) in [5.74, 6) is -1.33. The van der Waals surface area contributed by atoms with Gasteiger partial charge in [-0.25, -0.2) is 12.8 Å². The Hall–Kier alpha value is -3.08. The molecule has 1 aromatic heterocycles. The quantitative estimate of drug-likeness (QED) is 0.518. The summed E-state index contributed by atoms with van der Waals surface area (Å²) in [6.45, 7) is 0.328. The number of aryl methyl sites for hydroxylation is 1. The van der Waals surface area contributed by atoms with E-state index in [2.05, 4.69) is 4.74 Å². The number of halogens is 4. The number of amides is 1. The molecular formula is C22H20F4N2O4S. The number of nitrogens with zero attached hydrogens (tertiary/aromatic N) is 2. The minimum Gasteiger partial charge on any atom is -0.406 e. The minimum atomic E-state index is -4.93. The number of piperidine rings is 1. The molecule has 0 aliphatic carbocycles. The van der Waals surface area contributed by atoms with Crippen LogP contribution in [0.4, 0.5) is 17.6 Å². The first-order valence-electron chi connectivity index (χ1n) is 10.1. The molecule has 0 atom stereocenters. The van der Waals surface area contributed by atoms with Crippen molar-refractivity contribution in [3.8, 4) is 5.75 Å². The van der Waals surface area contributed by atoms with Gasteiger partial charge in [0.15, 0.2) is 9.84 Å². The van der Waals surface area contributed by atoms with Gasteiger partial charge in [0, 0.05) is 25.5 Å². The molecule has 1 aliphatic rings. The zero-order chi connectivity index (χ0) is 24.0. The summed E-state index contributed by atoms with van der Waals surface area (Å²) < 4.78 is 82.3. The lowest BCUT2D eigenvalue weighted by Gasteiger charge is -2.32. The topological polar surface area (TPSA) is 68.6 Å². The monoisotopic (exact) mass is 484 g/mol. The van der Waals surface area contributed by atoms with Crippen molar-refractivity contribution in [3.63, 3.8) is 0 Å². The van der Waals surface area contributed by atoms with Crippen molar-refractivity contribution >= 4 is 26.6 Å². The van der Waals surface area contributed by atoms with Crippen molar-refractivity contribution in [2.24, 2.45) is 7.05 Å². The second kappa shape index (κ2) is 8.36. The van der Waals surface area contributed by atoms with E-state index in [1.165, 1.54) is 29.2 Å². The molecule has 11 heteroatoms. The van der Waals surface area contributed by atoms with Gasteiger partial charge in [-0.1, -0.05) is 6.07 Å². The first kappa shape index (κ1) is 23.1. The Balaban J connectivity index is 1.48. The number of carbonyl (C=O) groups excluding carboxylic acids is 1. The van der Waals surface area contributed by atoms with Gasteiger partial charge in [-0.2, -0.15) is 0 Å². The fraction of sp³-hybridized carbons (Fsp3) is 0.318. The van der Waals surface area contributed by atoms with Crippen LogP contribution in [0.25, 0.3) is 10.9 Å². The van der Waals surface area contributed by atoms with Gasteiger partial charge in [-0.3, -0.25) is 4.79 Å². The maximum absolute atomic E-state index is 13.6. The molecule has 3 aromatic rings. The molecule has 1 fully saturated rings. The molecule has 0 N–H and O–H groups in total. The van der Waals surface area contributed by atoms with E-state index in [1.54, 1.807) is 23.7 Å². The standard InChI is InChI=1S/C22H20F4N2O4S/c1-27-19-12-15(23)6-5-14(19)11-20(27)21(29)28-9-7-17(8-10-28)33(30,31)18-4-2-3-16(13-18)32-22(24,25)26/h2-6,11-13,17H,7-10H2,1H3. The third-order valence-corrected chi connectivity index (χ3v) is 8.02. The van der Waals surface area contributed by atoms with E-state index in [-0.39, 0.29) is 36.7 Å². The van der Waals surface area contributed by atoms with Crippen LogP contribution in [-0.2, 0) is 16.9 Å². The summed E-state index contributed by atoms with van der Waals surface area (Å²) >= 11 is 0. The van der Waals surface area contributed by atoms with Crippen LogP contribution in [0.1, 0.15) is 23.3 Å². The lowest BCUT2D eigenvalue weighted by Crippen LogP contribution is -2.43. The van der Waals surface area contributed by atoms with Crippen molar-refractivity contribution < 1.29 is 35.5 Å². The van der Waals surface area contributed by atoms with Crippen LogP contribution >= 0.6 is 0 Å². The number of sulfone groups is 1. The molecule has 0 radical (unpaired) electrons. The second-order valence-electron chi connectivity index (χ2n) is 7.85. The van der Waals surface area contributed by atoms with Gasteiger partial charge in [0.05, 0.1) is 15.7 Å². The third-order valence-electron chi connectivity index (χ3n) is 5.76. The molecule has 1 amide bonds. The Kier molecular flexibility index (Phi) is 5.85. The smallest absolute Gasteiger partial charge is 0.406 e. The van der Waals surface area contributed by atoms with Crippen molar-refractivity contribution in [1.82, 2.24) is 9.47 Å². The van der Waals surface area contributed by atoms with E-state index in [9.17, 15) is 30.8 Å². The fourth-order valence-electron chi connectivity index (χ4n) is 4.08. The van der Waals surface area contributed by atoms with Crippen LogP contribution in [0.5, 0.6) is 5.75 Å². The number of alkyl halides is 3. The van der Waals surface area contributed by atoms with Crippen LogP contribution in [0.2, 0.25) is 0 Å². The molecule has 0 unspecified atom stereocenters. The minimum absolute atomic E-state index is 0.136. The van der Waals surface area contributed by atoms with Crippen LogP contribution in [-0.4, -0.2) is 48.5 Å². The maximum Gasteiger partial charge on any atom is 0.573 e. The summed E-state index contributed by atoms with van der Waals surface area (Å²) in [4.78, 5) is 14.3. The summed E-state index contributed by atoms with van der Waals surface area (Å²) in [5, 5.41) is -0.134. The Morgan fingerprint density at radius 2 is 1.76 bits per heavy atom. The molecule has 0 saturated carbocycles. The van der Waals surface area contributed by atoms with E-state index in [4.69, 9.17) is 0 Å². The number of hydrogen-bond donors (Lipinski definition) is 0. The SMILES string of the molecule is Cn1c(C(=O)N2CCC(S(=O)(=O)c3cccc(OC(F)(F)F)c3)CC2)cc2ccc(F)cc21. The molecular weight excluding hydrogens is 464 g/mol. The highest BCUT2D eigenvalue weighted by Gasteiger charge is 2.35. The number of ether oxygens (including phenoxy) is 1. The Bertz CT molecular complexity index is 1310. The van der Waals surface area contributed by atoms with E-state index >= 15 is 0 Å². The lowest BCUT2D eigenvalue weighted by molar-refractivity contribution is -0.274. The van der Waals surface area contributed by atoms with Crippen LogP contribution in [0.15, 0.2) is 53.4 Å². The highest BCUT2D eigenvalue weighted by atomic mass is 32.2. The number of fused-ring (bicyclic) bond motifs is 1. The average Bonchev–Trinajstić information content (AvgIpc) is 3.08. The molecule has 6 nitrogen and oxygen atoms in total. The molecule has 2 heterocycles. The number of benzene rings is 2. The molecule has 1 saturated heterocycles.